The molecule has 0 atom stereocenters. The van der Waals surface area contributed by atoms with Crippen molar-refractivity contribution in [3.05, 3.63) is 65.7 Å². The Kier molecular flexibility index (Phi) is 4.05. The van der Waals surface area contributed by atoms with Gasteiger partial charge >= 0.3 is 5.97 Å². The van der Waals surface area contributed by atoms with Crippen molar-refractivity contribution in [1.82, 2.24) is 0 Å². The Morgan fingerprint density at radius 2 is 1.50 bits per heavy atom. The van der Waals surface area contributed by atoms with Crippen LogP contribution in [0.1, 0.15) is 22.8 Å². The first-order chi connectivity index (χ1) is 9.58. The summed E-state index contributed by atoms with van der Waals surface area (Å²) >= 11 is 0. The van der Waals surface area contributed by atoms with Gasteiger partial charge in [0.25, 0.3) is 0 Å². The van der Waals surface area contributed by atoms with Gasteiger partial charge in [-0.05, 0) is 31.2 Å². The average Bonchev–Trinajstić information content (AvgIpc) is 2.46. The molecule has 0 heterocycles. The van der Waals surface area contributed by atoms with Gasteiger partial charge in [0.2, 0.25) is 0 Å². The molecule has 20 heavy (non-hydrogen) atoms. The molecule has 0 aliphatic rings. The Morgan fingerprint density at radius 1 is 0.900 bits per heavy atom. The van der Waals surface area contributed by atoms with Crippen LogP contribution in [0.4, 0.5) is 5.69 Å². The number of benzene rings is 2. The molecule has 1 N–H and O–H groups in total. The lowest BCUT2D eigenvalue weighted by molar-refractivity contribution is -0.129. The highest BCUT2D eigenvalue weighted by Crippen LogP contribution is 2.16. The second-order valence-electron chi connectivity index (χ2n) is 4.23. The van der Waals surface area contributed by atoms with Crippen LogP contribution in [-0.4, -0.2) is 22.6 Å². The molecule has 0 spiro atoms. The van der Waals surface area contributed by atoms with E-state index >= 15 is 0 Å². The molecule has 0 aliphatic carbocycles. The zero-order valence-corrected chi connectivity index (χ0v) is 10.9. The molecule has 4 nitrogen and oxygen atoms in total. The Balaban J connectivity index is 2.39. The number of hydrogen-bond acceptors (Lipinski definition) is 3. The van der Waals surface area contributed by atoms with E-state index in [9.17, 15) is 14.7 Å². The van der Waals surface area contributed by atoms with Gasteiger partial charge in [0.15, 0.2) is 11.5 Å². The number of carbonyl (C=O) groups excluding carboxylic acids is 1. The summed E-state index contributed by atoms with van der Waals surface area (Å²) in [7, 11) is 0. The molecule has 0 radical (unpaired) electrons. The predicted molar refractivity (Wildman–Crippen MR) is 76.7 cm³/mol. The standard InChI is InChI=1S/C16H13NO3/c1-11(18)12-7-9-14(10-8-12)17-15(16(19)20)13-5-3-2-4-6-13/h2-10H,1H3,(H,19,20). The highest BCUT2D eigenvalue weighted by Gasteiger charge is 2.12. The Morgan fingerprint density at radius 3 is 2.00 bits per heavy atom. The van der Waals surface area contributed by atoms with Crippen molar-refractivity contribution in [2.24, 2.45) is 4.99 Å². The van der Waals surface area contributed by atoms with Crippen molar-refractivity contribution in [3.8, 4) is 0 Å². The van der Waals surface area contributed by atoms with E-state index < -0.39 is 5.97 Å². The molecular formula is C16H13NO3. The number of carbonyl (C=O) groups is 2. The minimum absolute atomic E-state index is 0.0267. The Hall–Kier alpha value is -2.75. The van der Waals surface area contributed by atoms with Gasteiger partial charge in [0.05, 0.1) is 5.69 Å². The third-order valence-electron chi connectivity index (χ3n) is 2.76. The zero-order chi connectivity index (χ0) is 14.5. The molecule has 4 heteroatoms. The highest BCUT2D eigenvalue weighted by atomic mass is 16.4. The van der Waals surface area contributed by atoms with E-state index in [1.165, 1.54) is 6.92 Å². The van der Waals surface area contributed by atoms with E-state index in [0.717, 1.165) is 0 Å². The van der Waals surface area contributed by atoms with Crippen LogP contribution in [0.5, 0.6) is 0 Å². The molecule has 0 aromatic heterocycles. The lowest BCUT2D eigenvalue weighted by Gasteiger charge is -2.02. The normalized spacial score (nSPS) is 11.2. The van der Waals surface area contributed by atoms with Crippen molar-refractivity contribution in [2.45, 2.75) is 6.92 Å². The first-order valence-corrected chi connectivity index (χ1v) is 6.06. The third-order valence-corrected chi connectivity index (χ3v) is 2.76. The number of nitrogens with zero attached hydrogens (tertiary/aromatic N) is 1. The van der Waals surface area contributed by atoms with Gasteiger partial charge in [-0.15, -0.1) is 0 Å². The molecule has 0 saturated heterocycles. The largest absolute Gasteiger partial charge is 0.476 e. The van der Waals surface area contributed by atoms with E-state index in [1.807, 2.05) is 6.07 Å². The van der Waals surface area contributed by atoms with Crippen LogP contribution in [0.25, 0.3) is 0 Å². The number of carboxylic acid groups (broad SMARTS) is 1. The van der Waals surface area contributed by atoms with Crippen molar-refractivity contribution in [1.29, 1.82) is 0 Å². The van der Waals surface area contributed by atoms with Gasteiger partial charge in [-0.25, -0.2) is 9.79 Å². The van der Waals surface area contributed by atoms with Crippen LogP contribution >= 0.6 is 0 Å². The number of carboxylic acids is 1. The summed E-state index contributed by atoms with van der Waals surface area (Å²) in [5.74, 6) is -1.13. The molecule has 0 bridgehead atoms. The first kappa shape index (κ1) is 13.7. The van der Waals surface area contributed by atoms with Crippen LogP contribution < -0.4 is 0 Å². The number of Topliss-reactive ketones (excluding diaryl/α,β-unsaturated/α-hetero) is 1. The SMILES string of the molecule is CC(=O)c1ccc(N=C(C(=O)O)c2ccccc2)cc1. The predicted octanol–water partition coefficient (Wildman–Crippen LogP) is 3.09. The Labute approximate surface area is 116 Å². The summed E-state index contributed by atoms with van der Waals surface area (Å²) in [5, 5.41) is 9.25. The molecule has 0 saturated carbocycles. The summed E-state index contributed by atoms with van der Waals surface area (Å²) in [6.07, 6.45) is 0. The van der Waals surface area contributed by atoms with E-state index in [0.29, 0.717) is 16.8 Å². The van der Waals surface area contributed by atoms with Crippen LogP contribution in [-0.2, 0) is 4.79 Å². The van der Waals surface area contributed by atoms with Crippen molar-refractivity contribution in [2.75, 3.05) is 0 Å². The van der Waals surface area contributed by atoms with Crippen LogP contribution in [0, 0.1) is 0 Å². The van der Waals surface area contributed by atoms with Gasteiger partial charge in [-0.1, -0.05) is 30.3 Å². The van der Waals surface area contributed by atoms with Crippen LogP contribution in [0.15, 0.2) is 59.6 Å². The minimum atomic E-state index is -1.09. The highest BCUT2D eigenvalue weighted by molar-refractivity contribution is 6.43. The van der Waals surface area contributed by atoms with E-state index in [4.69, 9.17) is 0 Å². The molecule has 2 aromatic rings. The van der Waals surface area contributed by atoms with E-state index in [2.05, 4.69) is 4.99 Å². The molecule has 0 aliphatic heterocycles. The Bertz CT molecular complexity index is 658. The topological polar surface area (TPSA) is 66.7 Å². The summed E-state index contributed by atoms with van der Waals surface area (Å²) in [6.45, 7) is 1.48. The number of aliphatic carboxylic acids is 1. The summed E-state index contributed by atoms with van der Waals surface area (Å²) < 4.78 is 0. The van der Waals surface area contributed by atoms with Gasteiger partial charge in [0.1, 0.15) is 0 Å². The van der Waals surface area contributed by atoms with Gasteiger partial charge in [-0.3, -0.25) is 4.79 Å². The summed E-state index contributed by atoms with van der Waals surface area (Å²) in [6, 6.07) is 15.2. The second kappa shape index (κ2) is 5.93. The smallest absolute Gasteiger partial charge is 0.355 e. The van der Waals surface area contributed by atoms with Crippen LogP contribution in [0.2, 0.25) is 0 Å². The van der Waals surface area contributed by atoms with Gasteiger partial charge < -0.3 is 5.11 Å². The molecule has 2 rings (SSSR count). The zero-order valence-electron chi connectivity index (χ0n) is 10.9. The van der Waals surface area contributed by atoms with E-state index in [1.54, 1.807) is 48.5 Å². The van der Waals surface area contributed by atoms with Crippen molar-refractivity contribution in [3.63, 3.8) is 0 Å². The van der Waals surface area contributed by atoms with Crippen molar-refractivity contribution < 1.29 is 14.7 Å². The minimum Gasteiger partial charge on any atom is -0.476 e. The third kappa shape index (κ3) is 3.17. The van der Waals surface area contributed by atoms with Crippen LogP contribution in [0.3, 0.4) is 0 Å². The summed E-state index contributed by atoms with van der Waals surface area (Å²) in [5.41, 5.74) is 1.58. The van der Waals surface area contributed by atoms with Crippen molar-refractivity contribution >= 4 is 23.2 Å². The summed E-state index contributed by atoms with van der Waals surface area (Å²) in [4.78, 5) is 26.6. The molecule has 2 aromatic carbocycles. The quantitative estimate of drug-likeness (QED) is 0.683. The molecule has 0 fully saturated rings. The maximum absolute atomic E-state index is 11.3. The number of ketones is 1. The second-order valence-corrected chi connectivity index (χ2v) is 4.23. The fourth-order valence-corrected chi connectivity index (χ4v) is 1.73. The lowest BCUT2D eigenvalue weighted by atomic mass is 10.1. The van der Waals surface area contributed by atoms with E-state index in [-0.39, 0.29) is 11.5 Å². The van der Waals surface area contributed by atoms with Gasteiger partial charge in [-0.2, -0.15) is 0 Å². The maximum atomic E-state index is 11.3. The fraction of sp³-hybridized carbons (Fsp3) is 0.0625. The molecule has 100 valence electrons. The first-order valence-electron chi connectivity index (χ1n) is 6.06. The lowest BCUT2D eigenvalue weighted by Crippen LogP contribution is -2.13. The van der Waals surface area contributed by atoms with Gasteiger partial charge in [0, 0.05) is 11.1 Å². The fourth-order valence-electron chi connectivity index (χ4n) is 1.73. The monoisotopic (exact) mass is 267 g/mol. The molecule has 0 amide bonds. The average molecular weight is 267 g/mol. The molecule has 0 unspecified atom stereocenters. The maximum Gasteiger partial charge on any atom is 0.355 e. The molecular weight excluding hydrogens is 254 g/mol. The number of hydrogen-bond donors (Lipinski definition) is 1. The number of rotatable bonds is 4. The number of aliphatic imine (C=N–C) groups is 1.